The standard InChI is InChI=1S/C18H16F3NO4/c19-18(20,21)13-4-1-2-5-14(13)26-11-17(23)22-12-6-7-15-16(10-12)25-9-3-8-24-15/h1-2,4-7,10H,3,8-9,11H2,(H,22,23). The molecule has 0 saturated heterocycles. The van der Waals surface area contributed by atoms with E-state index >= 15 is 0 Å². The van der Waals surface area contributed by atoms with E-state index in [0.29, 0.717) is 30.4 Å². The summed E-state index contributed by atoms with van der Waals surface area (Å²) in [5.41, 5.74) is -0.490. The van der Waals surface area contributed by atoms with Gasteiger partial charge in [-0.2, -0.15) is 13.2 Å². The fourth-order valence-corrected chi connectivity index (χ4v) is 2.41. The molecule has 0 atom stereocenters. The quantitative estimate of drug-likeness (QED) is 0.891. The molecule has 0 aromatic heterocycles. The predicted molar refractivity (Wildman–Crippen MR) is 87.6 cm³/mol. The van der Waals surface area contributed by atoms with Crippen LogP contribution in [0.5, 0.6) is 17.2 Å². The van der Waals surface area contributed by atoms with Crippen molar-refractivity contribution in [2.75, 3.05) is 25.1 Å². The Balaban J connectivity index is 1.63. The molecule has 0 bridgehead atoms. The Morgan fingerprint density at radius 1 is 1.08 bits per heavy atom. The summed E-state index contributed by atoms with van der Waals surface area (Å²) in [5.74, 6) is 0.102. The largest absolute Gasteiger partial charge is 0.490 e. The number of fused-ring (bicyclic) bond motifs is 1. The van der Waals surface area contributed by atoms with Crippen LogP contribution in [0.4, 0.5) is 18.9 Å². The predicted octanol–water partition coefficient (Wildman–Crippen LogP) is 3.88. The van der Waals surface area contributed by atoms with E-state index in [0.717, 1.165) is 12.5 Å². The van der Waals surface area contributed by atoms with Crippen LogP contribution in [-0.4, -0.2) is 25.7 Å². The maximum atomic E-state index is 12.9. The van der Waals surface area contributed by atoms with Crippen LogP contribution in [0.2, 0.25) is 0 Å². The molecular formula is C18H16F3NO4. The Kier molecular flexibility index (Phi) is 5.20. The SMILES string of the molecule is O=C(COc1ccccc1C(F)(F)F)Nc1ccc2c(c1)OCCCO2. The lowest BCUT2D eigenvalue weighted by atomic mass is 10.2. The first-order valence-corrected chi connectivity index (χ1v) is 7.92. The highest BCUT2D eigenvalue weighted by molar-refractivity contribution is 5.92. The van der Waals surface area contributed by atoms with Crippen molar-refractivity contribution in [1.82, 2.24) is 0 Å². The van der Waals surface area contributed by atoms with Gasteiger partial charge < -0.3 is 19.5 Å². The number of carbonyl (C=O) groups excluding carboxylic acids is 1. The Labute approximate surface area is 147 Å². The van der Waals surface area contributed by atoms with Crippen molar-refractivity contribution in [3.05, 3.63) is 48.0 Å². The molecule has 1 aliphatic rings. The zero-order valence-electron chi connectivity index (χ0n) is 13.6. The molecule has 0 aliphatic carbocycles. The van der Waals surface area contributed by atoms with Crippen molar-refractivity contribution in [2.24, 2.45) is 0 Å². The number of nitrogens with one attached hydrogen (secondary N) is 1. The van der Waals surface area contributed by atoms with Gasteiger partial charge in [0.25, 0.3) is 5.91 Å². The highest BCUT2D eigenvalue weighted by atomic mass is 19.4. The molecule has 0 unspecified atom stereocenters. The smallest absolute Gasteiger partial charge is 0.419 e. The van der Waals surface area contributed by atoms with Gasteiger partial charge >= 0.3 is 6.18 Å². The first kappa shape index (κ1) is 17.9. The molecule has 3 rings (SSSR count). The zero-order valence-corrected chi connectivity index (χ0v) is 13.6. The van der Waals surface area contributed by atoms with E-state index in [1.807, 2.05) is 0 Å². The van der Waals surface area contributed by atoms with E-state index < -0.39 is 30.0 Å². The van der Waals surface area contributed by atoms with Crippen molar-refractivity contribution >= 4 is 11.6 Å². The van der Waals surface area contributed by atoms with Gasteiger partial charge in [0.2, 0.25) is 0 Å². The maximum Gasteiger partial charge on any atom is 0.419 e. The van der Waals surface area contributed by atoms with Gasteiger partial charge in [-0.05, 0) is 24.3 Å². The number of para-hydroxylation sites is 1. The first-order valence-electron chi connectivity index (χ1n) is 7.92. The molecule has 138 valence electrons. The highest BCUT2D eigenvalue weighted by Crippen LogP contribution is 2.36. The topological polar surface area (TPSA) is 56.8 Å². The summed E-state index contributed by atoms with van der Waals surface area (Å²) in [7, 11) is 0. The number of halogens is 3. The molecule has 0 saturated carbocycles. The number of benzene rings is 2. The molecular weight excluding hydrogens is 351 g/mol. The molecule has 1 amide bonds. The van der Waals surface area contributed by atoms with Crippen LogP contribution in [-0.2, 0) is 11.0 Å². The van der Waals surface area contributed by atoms with E-state index in [1.54, 1.807) is 18.2 Å². The molecule has 1 aliphatic heterocycles. The number of anilines is 1. The van der Waals surface area contributed by atoms with Crippen molar-refractivity contribution in [3.8, 4) is 17.2 Å². The molecule has 5 nitrogen and oxygen atoms in total. The fraction of sp³-hybridized carbons (Fsp3) is 0.278. The maximum absolute atomic E-state index is 12.9. The summed E-state index contributed by atoms with van der Waals surface area (Å²) in [6, 6.07) is 9.62. The summed E-state index contributed by atoms with van der Waals surface area (Å²) in [6.45, 7) is 0.494. The summed E-state index contributed by atoms with van der Waals surface area (Å²) >= 11 is 0. The minimum absolute atomic E-state index is 0.395. The van der Waals surface area contributed by atoms with E-state index in [2.05, 4.69) is 5.32 Å². The van der Waals surface area contributed by atoms with Gasteiger partial charge in [0.05, 0.1) is 18.8 Å². The fourth-order valence-electron chi connectivity index (χ4n) is 2.41. The molecule has 0 fully saturated rings. The average molecular weight is 367 g/mol. The Morgan fingerprint density at radius 2 is 1.81 bits per heavy atom. The third-order valence-electron chi connectivity index (χ3n) is 3.58. The second-order valence-corrected chi connectivity index (χ2v) is 5.54. The second kappa shape index (κ2) is 7.55. The van der Waals surface area contributed by atoms with E-state index in [4.69, 9.17) is 14.2 Å². The Hall–Kier alpha value is -2.90. The van der Waals surface area contributed by atoms with Crippen LogP contribution in [0.15, 0.2) is 42.5 Å². The lowest BCUT2D eigenvalue weighted by Crippen LogP contribution is -2.21. The molecule has 0 spiro atoms. The Morgan fingerprint density at radius 3 is 2.58 bits per heavy atom. The molecule has 8 heteroatoms. The number of hydrogen-bond donors (Lipinski definition) is 1. The average Bonchev–Trinajstić information content (AvgIpc) is 2.84. The van der Waals surface area contributed by atoms with Crippen LogP contribution in [0, 0.1) is 0 Å². The number of carbonyl (C=O) groups is 1. The molecule has 1 N–H and O–H groups in total. The molecule has 26 heavy (non-hydrogen) atoms. The van der Waals surface area contributed by atoms with Crippen LogP contribution in [0.25, 0.3) is 0 Å². The van der Waals surface area contributed by atoms with Gasteiger partial charge in [-0.25, -0.2) is 0 Å². The molecule has 2 aromatic carbocycles. The van der Waals surface area contributed by atoms with Gasteiger partial charge in [0.15, 0.2) is 18.1 Å². The third-order valence-corrected chi connectivity index (χ3v) is 3.58. The van der Waals surface area contributed by atoms with E-state index in [9.17, 15) is 18.0 Å². The Bertz CT molecular complexity index is 792. The van der Waals surface area contributed by atoms with Gasteiger partial charge in [-0.15, -0.1) is 0 Å². The van der Waals surface area contributed by atoms with Crippen molar-refractivity contribution in [2.45, 2.75) is 12.6 Å². The van der Waals surface area contributed by atoms with Crippen LogP contribution >= 0.6 is 0 Å². The number of hydrogen-bond acceptors (Lipinski definition) is 4. The van der Waals surface area contributed by atoms with Crippen molar-refractivity contribution in [3.63, 3.8) is 0 Å². The summed E-state index contributed by atoms with van der Waals surface area (Å²) in [6.07, 6.45) is -3.80. The molecule has 1 heterocycles. The summed E-state index contributed by atoms with van der Waals surface area (Å²) in [5, 5.41) is 2.56. The van der Waals surface area contributed by atoms with Gasteiger partial charge in [-0.1, -0.05) is 12.1 Å². The lowest BCUT2D eigenvalue weighted by Gasteiger charge is -2.14. The van der Waals surface area contributed by atoms with E-state index in [1.165, 1.54) is 18.2 Å². The number of rotatable bonds is 4. The summed E-state index contributed by atoms with van der Waals surface area (Å²) in [4.78, 5) is 12.0. The van der Waals surface area contributed by atoms with Crippen molar-refractivity contribution in [1.29, 1.82) is 0 Å². The molecule has 0 radical (unpaired) electrons. The van der Waals surface area contributed by atoms with Gasteiger partial charge in [0, 0.05) is 18.2 Å². The number of ether oxygens (including phenoxy) is 3. The monoisotopic (exact) mass is 367 g/mol. The summed E-state index contributed by atoms with van der Waals surface area (Å²) < 4.78 is 54.8. The van der Waals surface area contributed by atoms with Crippen LogP contribution in [0.1, 0.15) is 12.0 Å². The lowest BCUT2D eigenvalue weighted by molar-refractivity contribution is -0.139. The molecule has 2 aromatic rings. The van der Waals surface area contributed by atoms with Crippen molar-refractivity contribution < 1.29 is 32.2 Å². The number of amides is 1. The van der Waals surface area contributed by atoms with Gasteiger partial charge in [-0.3, -0.25) is 4.79 Å². The highest BCUT2D eigenvalue weighted by Gasteiger charge is 2.34. The zero-order chi connectivity index (χ0) is 18.6. The van der Waals surface area contributed by atoms with Crippen LogP contribution in [0.3, 0.4) is 0 Å². The minimum atomic E-state index is -4.55. The normalized spacial score (nSPS) is 13.7. The van der Waals surface area contributed by atoms with Crippen LogP contribution < -0.4 is 19.5 Å². The van der Waals surface area contributed by atoms with E-state index in [-0.39, 0.29) is 0 Å². The second-order valence-electron chi connectivity index (χ2n) is 5.54. The van der Waals surface area contributed by atoms with Gasteiger partial charge in [0.1, 0.15) is 5.75 Å². The minimum Gasteiger partial charge on any atom is -0.490 e. The third kappa shape index (κ3) is 4.38. The first-order chi connectivity index (χ1) is 12.4. The number of alkyl halides is 3.